The van der Waals surface area contributed by atoms with Crippen molar-refractivity contribution in [2.24, 2.45) is 0 Å². The molecule has 7 heteroatoms. The van der Waals surface area contributed by atoms with Gasteiger partial charge in [-0.2, -0.15) is 0 Å². The number of benzene rings is 1. The molecule has 2 aliphatic heterocycles. The summed E-state index contributed by atoms with van der Waals surface area (Å²) in [6.07, 6.45) is 6.18. The lowest BCUT2D eigenvalue weighted by atomic mass is 10.00. The van der Waals surface area contributed by atoms with Gasteiger partial charge in [-0.1, -0.05) is 23.7 Å². The van der Waals surface area contributed by atoms with Crippen molar-refractivity contribution >= 4 is 23.5 Å². The van der Waals surface area contributed by atoms with Crippen molar-refractivity contribution < 1.29 is 4.79 Å². The van der Waals surface area contributed by atoms with Gasteiger partial charge in [0.2, 0.25) is 11.9 Å². The van der Waals surface area contributed by atoms with Crippen molar-refractivity contribution in [3.8, 4) is 11.1 Å². The van der Waals surface area contributed by atoms with Crippen molar-refractivity contribution in [2.75, 3.05) is 45.2 Å². The molecule has 0 unspecified atom stereocenters. The lowest BCUT2D eigenvalue weighted by Crippen LogP contribution is -2.39. The molecule has 2 aromatic rings. The molecular weight excluding hydrogens is 386 g/mol. The standard InChI is InChI=1S/C22H28ClN5O/c1-26(2)22-24-14-18(16-7-9-17(23)10-8-16)21(25-22)19-6-5-13-28(19)20(29)15-27-11-3-4-12-27/h7-10,14,19H,3-6,11-13,15H2,1-2H3/t19-/m1/s1. The summed E-state index contributed by atoms with van der Waals surface area (Å²) >= 11 is 6.08. The molecule has 1 aromatic carbocycles. The van der Waals surface area contributed by atoms with E-state index in [1.165, 1.54) is 12.8 Å². The predicted octanol–water partition coefficient (Wildman–Crippen LogP) is 3.62. The Kier molecular flexibility index (Phi) is 6.01. The minimum atomic E-state index is -0.0162. The summed E-state index contributed by atoms with van der Waals surface area (Å²) in [5, 5.41) is 0.699. The summed E-state index contributed by atoms with van der Waals surface area (Å²) in [6.45, 7) is 3.36. The highest BCUT2D eigenvalue weighted by Crippen LogP contribution is 2.37. The fraction of sp³-hybridized carbons (Fsp3) is 0.500. The number of halogens is 1. The average molecular weight is 414 g/mol. The maximum absolute atomic E-state index is 13.1. The molecule has 1 amide bonds. The molecule has 2 saturated heterocycles. The highest BCUT2D eigenvalue weighted by Gasteiger charge is 2.34. The second kappa shape index (κ2) is 8.67. The molecule has 6 nitrogen and oxygen atoms in total. The first-order valence-corrected chi connectivity index (χ1v) is 10.7. The number of anilines is 1. The molecule has 2 fully saturated rings. The van der Waals surface area contributed by atoms with Gasteiger partial charge in [0.1, 0.15) is 0 Å². The summed E-state index contributed by atoms with van der Waals surface area (Å²) in [5.74, 6) is 0.873. The van der Waals surface area contributed by atoms with Crippen molar-refractivity contribution in [2.45, 2.75) is 31.7 Å². The molecule has 0 radical (unpaired) electrons. The van der Waals surface area contributed by atoms with E-state index in [0.717, 1.165) is 49.3 Å². The number of aromatic nitrogens is 2. The average Bonchev–Trinajstić information content (AvgIpc) is 3.40. The Morgan fingerprint density at radius 1 is 1.14 bits per heavy atom. The first-order chi connectivity index (χ1) is 14.0. The molecule has 0 spiro atoms. The summed E-state index contributed by atoms with van der Waals surface area (Å²) in [5.41, 5.74) is 2.92. The van der Waals surface area contributed by atoms with Crippen molar-refractivity contribution in [1.29, 1.82) is 0 Å². The van der Waals surface area contributed by atoms with Gasteiger partial charge in [0.15, 0.2) is 0 Å². The molecule has 2 aliphatic rings. The van der Waals surface area contributed by atoms with E-state index >= 15 is 0 Å². The van der Waals surface area contributed by atoms with E-state index < -0.39 is 0 Å². The van der Waals surface area contributed by atoms with Gasteiger partial charge in [0.25, 0.3) is 0 Å². The van der Waals surface area contributed by atoms with Crippen LogP contribution in [0.2, 0.25) is 5.02 Å². The number of carbonyl (C=O) groups is 1. The smallest absolute Gasteiger partial charge is 0.237 e. The van der Waals surface area contributed by atoms with Crippen LogP contribution in [0.25, 0.3) is 11.1 Å². The van der Waals surface area contributed by atoms with E-state index in [2.05, 4.69) is 9.88 Å². The Hall–Kier alpha value is -2.18. The van der Waals surface area contributed by atoms with E-state index in [1.807, 2.05) is 54.4 Å². The van der Waals surface area contributed by atoms with Crippen LogP contribution in [0.15, 0.2) is 30.5 Å². The number of nitrogens with zero attached hydrogens (tertiary/aromatic N) is 5. The van der Waals surface area contributed by atoms with Gasteiger partial charge >= 0.3 is 0 Å². The van der Waals surface area contributed by atoms with Gasteiger partial charge in [0.05, 0.1) is 18.3 Å². The molecular formula is C22H28ClN5O. The third-order valence-electron chi connectivity index (χ3n) is 5.81. The lowest BCUT2D eigenvalue weighted by Gasteiger charge is -2.28. The number of hydrogen-bond donors (Lipinski definition) is 0. The number of hydrogen-bond acceptors (Lipinski definition) is 5. The van der Waals surface area contributed by atoms with Crippen LogP contribution in [0, 0.1) is 0 Å². The second-order valence-corrected chi connectivity index (χ2v) is 8.54. The van der Waals surface area contributed by atoms with E-state index in [-0.39, 0.29) is 11.9 Å². The van der Waals surface area contributed by atoms with Gasteiger partial charge in [0, 0.05) is 37.4 Å². The lowest BCUT2D eigenvalue weighted by molar-refractivity contribution is -0.133. The van der Waals surface area contributed by atoms with Crippen LogP contribution in [0.4, 0.5) is 5.95 Å². The molecule has 29 heavy (non-hydrogen) atoms. The Bertz CT molecular complexity index is 864. The maximum Gasteiger partial charge on any atom is 0.237 e. The molecule has 0 aliphatic carbocycles. The maximum atomic E-state index is 13.1. The van der Waals surface area contributed by atoms with Crippen molar-refractivity contribution in [3.63, 3.8) is 0 Å². The fourth-order valence-electron chi connectivity index (χ4n) is 4.28. The van der Waals surface area contributed by atoms with Gasteiger partial charge < -0.3 is 9.80 Å². The van der Waals surface area contributed by atoms with Gasteiger partial charge in [-0.3, -0.25) is 9.69 Å². The molecule has 1 atom stereocenters. The highest BCUT2D eigenvalue weighted by molar-refractivity contribution is 6.30. The number of rotatable bonds is 5. The molecule has 0 saturated carbocycles. The van der Waals surface area contributed by atoms with Crippen LogP contribution >= 0.6 is 11.6 Å². The molecule has 0 N–H and O–H groups in total. The van der Waals surface area contributed by atoms with Crippen LogP contribution in [-0.2, 0) is 4.79 Å². The second-order valence-electron chi connectivity index (χ2n) is 8.10. The Morgan fingerprint density at radius 3 is 2.55 bits per heavy atom. The van der Waals surface area contributed by atoms with Crippen LogP contribution < -0.4 is 4.90 Å². The summed E-state index contributed by atoms with van der Waals surface area (Å²) < 4.78 is 0. The molecule has 4 rings (SSSR count). The SMILES string of the molecule is CN(C)c1ncc(-c2ccc(Cl)cc2)c([C@H]2CCCN2C(=O)CN2CCCC2)n1. The monoisotopic (exact) mass is 413 g/mol. The van der Waals surface area contributed by atoms with Crippen LogP contribution in [0.1, 0.15) is 37.4 Å². The Balaban J connectivity index is 1.68. The Labute approximate surface area is 177 Å². The summed E-state index contributed by atoms with van der Waals surface area (Å²) in [4.78, 5) is 28.7. The third kappa shape index (κ3) is 4.38. The normalized spacial score (nSPS) is 19.7. The van der Waals surface area contributed by atoms with Gasteiger partial charge in [-0.05, 0) is 56.5 Å². The third-order valence-corrected chi connectivity index (χ3v) is 6.06. The summed E-state index contributed by atoms with van der Waals surface area (Å²) in [6, 6.07) is 7.73. The quantitative estimate of drug-likeness (QED) is 0.749. The first-order valence-electron chi connectivity index (χ1n) is 10.3. The molecule has 3 heterocycles. The van der Waals surface area contributed by atoms with Gasteiger partial charge in [-0.15, -0.1) is 0 Å². The van der Waals surface area contributed by atoms with E-state index in [9.17, 15) is 4.79 Å². The van der Waals surface area contributed by atoms with E-state index in [0.29, 0.717) is 17.5 Å². The largest absolute Gasteiger partial charge is 0.347 e. The molecule has 0 bridgehead atoms. The minimum absolute atomic E-state index is 0.0162. The van der Waals surface area contributed by atoms with Crippen LogP contribution in [0.5, 0.6) is 0 Å². The number of likely N-dealkylation sites (tertiary alicyclic amines) is 2. The van der Waals surface area contributed by atoms with E-state index in [1.54, 1.807) is 0 Å². The first kappa shape index (κ1) is 20.1. The predicted molar refractivity (Wildman–Crippen MR) is 116 cm³/mol. The van der Waals surface area contributed by atoms with Crippen LogP contribution in [-0.4, -0.2) is 65.9 Å². The van der Waals surface area contributed by atoms with E-state index in [4.69, 9.17) is 16.6 Å². The zero-order valence-corrected chi connectivity index (χ0v) is 17.9. The Morgan fingerprint density at radius 2 is 1.86 bits per heavy atom. The minimum Gasteiger partial charge on any atom is -0.347 e. The summed E-state index contributed by atoms with van der Waals surface area (Å²) in [7, 11) is 3.87. The van der Waals surface area contributed by atoms with Gasteiger partial charge in [-0.25, -0.2) is 9.97 Å². The highest BCUT2D eigenvalue weighted by atomic mass is 35.5. The topological polar surface area (TPSA) is 52.6 Å². The van der Waals surface area contributed by atoms with Crippen LogP contribution in [0.3, 0.4) is 0 Å². The fourth-order valence-corrected chi connectivity index (χ4v) is 4.40. The number of carbonyl (C=O) groups excluding carboxylic acids is 1. The van der Waals surface area contributed by atoms with Crippen molar-refractivity contribution in [1.82, 2.24) is 19.8 Å². The zero-order chi connectivity index (χ0) is 20.4. The molecule has 1 aromatic heterocycles. The zero-order valence-electron chi connectivity index (χ0n) is 17.1. The molecule has 154 valence electrons. The number of amides is 1. The van der Waals surface area contributed by atoms with Crippen molar-refractivity contribution in [3.05, 3.63) is 41.2 Å².